The van der Waals surface area contributed by atoms with E-state index in [4.69, 9.17) is 4.18 Å². The monoisotopic (exact) mass is 590 g/mol. The molecule has 3 aromatic rings. The zero-order valence-electron chi connectivity index (χ0n) is 17.0. The minimum atomic E-state index is -4.08. The summed E-state index contributed by atoms with van der Waals surface area (Å²) in [4.78, 5) is 12.5. The standard InChI is InChI=1S/C23H16Br2N2O5S/c1-14-2-8-19(9-3-14)33(30,31)32-22-20(24)11-15(12-21(22)25)10-16(13-26)23(29)27-17-4-6-18(28)7-5-17/h2-12,28H,1H3,(H,27,29)/b16-10+. The first-order valence-electron chi connectivity index (χ1n) is 9.31. The Morgan fingerprint density at radius 2 is 1.64 bits per heavy atom. The highest BCUT2D eigenvalue weighted by Gasteiger charge is 2.21. The number of nitriles is 1. The third-order valence-corrected chi connectivity index (χ3v) is 6.74. The van der Waals surface area contributed by atoms with E-state index < -0.39 is 16.0 Å². The molecule has 0 aliphatic heterocycles. The number of phenols is 1. The smallest absolute Gasteiger partial charge is 0.339 e. The van der Waals surface area contributed by atoms with Gasteiger partial charge in [-0.25, -0.2) is 0 Å². The van der Waals surface area contributed by atoms with Crippen LogP contribution in [0.25, 0.3) is 6.08 Å². The van der Waals surface area contributed by atoms with Crippen LogP contribution >= 0.6 is 31.9 Å². The van der Waals surface area contributed by atoms with E-state index in [1.165, 1.54) is 54.6 Å². The van der Waals surface area contributed by atoms with Crippen molar-refractivity contribution in [1.82, 2.24) is 0 Å². The van der Waals surface area contributed by atoms with Gasteiger partial charge in [-0.1, -0.05) is 17.7 Å². The van der Waals surface area contributed by atoms with Gasteiger partial charge in [0.1, 0.15) is 22.3 Å². The average Bonchev–Trinajstić information content (AvgIpc) is 2.76. The molecule has 3 aromatic carbocycles. The van der Waals surface area contributed by atoms with Crippen LogP contribution in [0.5, 0.6) is 11.5 Å². The van der Waals surface area contributed by atoms with E-state index in [0.717, 1.165) is 5.56 Å². The van der Waals surface area contributed by atoms with E-state index in [-0.39, 0.29) is 22.0 Å². The number of carbonyl (C=O) groups is 1. The van der Waals surface area contributed by atoms with Gasteiger partial charge in [-0.3, -0.25) is 4.79 Å². The fourth-order valence-corrected chi connectivity index (χ4v) is 5.23. The zero-order chi connectivity index (χ0) is 24.2. The summed E-state index contributed by atoms with van der Waals surface area (Å²) in [5.74, 6) is -0.567. The molecule has 1 amide bonds. The van der Waals surface area contributed by atoms with Gasteiger partial charge in [0, 0.05) is 5.69 Å². The summed E-state index contributed by atoms with van der Waals surface area (Å²) in [7, 11) is -4.08. The first kappa shape index (κ1) is 24.5. The van der Waals surface area contributed by atoms with Crippen molar-refractivity contribution in [2.24, 2.45) is 0 Å². The van der Waals surface area contributed by atoms with Crippen LogP contribution in [0.3, 0.4) is 0 Å². The number of carbonyl (C=O) groups excluding carboxylic acids is 1. The molecule has 0 radical (unpaired) electrons. The van der Waals surface area contributed by atoms with Gasteiger partial charge in [0.15, 0.2) is 5.75 Å². The molecular weight excluding hydrogens is 576 g/mol. The van der Waals surface area contributed by atoms with Crippen molar-refractivity contribution in [3.05, 3.63) is 86.3 Å². The van der Waals surface area contributed by atoms with Crippen LogP contribution in [0.4, 0.5) is 5.69 Å². The molecule has 0 saturated carbocycles. The molecule has 0 bridgehead atoms. The van der Waals surface area contributed by atoms with E-state index >= 15 is 0 Å². The second kappa shape index (κ2) is 10.2. The normalized spacial score (nSPS) is 11.5. The molecule has 0 heterocycles. The Morgan fingerprint density at radius 1 is 1.06 bits per heavy atom. The Bertz CT molecular complexity index is 1350. The summed E-state index contributed by atoms with van der Waals surface area (Å²) in [6.45, 7) is 1.84. The van der Waals surface area contributed by atoms with Gasteiger partial charge in [-0.2, -0.15) is 13.7 Å². The SMILES string of the molecule is Cc1ccc(S(=O)(=O)Oc2c(Br)cc(/C=C(\C#N)C(=O)Nc3ccc(O)cc3)cc2Br)cc1. The molecule has 10 heteroatoms. The number of amides is 1. The molecule has 0 unspecified atom stereocenters. The number of anilines is 1. The first-order chi connectivity index (χ1) is 15.6. The highest BCUT2D eigenvalue weighted by molar-refractivity contribution is 9.11. The highest BCUT2D eigenvalue weighted by atomic mass is 79.9. The Labute approximate surface area is 207 Å². The lowest BCUT2D eigenvalue weighted by Crippen LogP contribution is -2.13. The van der Waals surface area contributed by atoms with E-state index in [1.54, 1.807) is 12.1 Å². The molecule has 0 aromatic heterocycles. The second-order valence-electron chi connectivity index (χ2n) is 6.83. The molecule has 7 nitrogen and oxygen atoms in total. The molecule has 0 saturated heterocycles. The van der Waals surface area contributed by atoms with Crippen molar-refractivity contribution in [3.63, 3.8) is 0 Å². The summed E-state index contributed by atoms with van der Waals surface area (Å²) in [5, 5.41) is 21.3. The largest absolute Gasteiger partial charge is 0.508 e. The molecular formula is C23H16Br2N2O5S. The average molecular weight is 592 g/mol. The van der Waals surface area contributed by atoms with Gasteiger partial charge in [-0.05, 0) is 99.0 Å². The van der Waals surface area contributed by atoms with Crippen molar-refractivity contribution in [2.45, 2.75) is 11.8 Å². The molecule has 2 N–H and O–H groups in total. The second-order valence-corrected chi connectivity index (χ2v) is 10.1. The number of aromatic hydroxyl groups is 1. The van der Waals surface area contributed by atoms with E-state index in [2.05, 4.69) is 37.2 Å². The Kier molecular flexibility index (Phi) is 7.58. The van der Waals surface area contributed by atoms with Crippen LogP contribution in [0.1, 0.15) is 11.1 Å². The van der Waals surface area contributed by atoms with E-state index in [1.807, 2.05) is 13.0 Å². The molecule has 0 aliphatic rings. The Hall–Kier alpha value is -3.13. The van der Waals surface area contributed by atoms with Crippen LogP contribution < -0.4 is 9.50 Å². The third-order valence-electron chi connectivity index (χ3n) is 4.32. The highest BCUT2D eigenvalue weighted by Crippen LogP contribution is 2.37. The minimum absolute atomic E-state index is 0.00791. The maximum Gasteiger partial charge on any atom is 0.339 e. The predicted molar refractivity (Wildman–Crippen MR) is 131 cm³/mol. The number of nitrogens with zero attached hydrogens (tertiary/aromatic N) is 1. The first-order valence-corrected chi connectivity index (χ1v) is 12.3. The number of nitrogens with one attached hydrogen (secondary N) is 1. The van der Waals surface area contributed by atoms with Gasteiger partial charge >= 0.3 is 10.1 Å². The molecule has 33 heavy (non-hydrogen) atoms. The van der Waals surface area contributed by atoms with Crippen molar-refractivity contribution in [3.8, 4) is 17.6 Å². The van der Waals surface area contributed by atoms with Crippen LogP contribution in [0, 0.1) is 18.3 Å². The lowest BCUT2D eigenvalue weighted by atomic mass is 10.1. The van der Waals surface area contributed by atoms with Crippen molar-refractivity contribution in [1.29, 1.82) is 5.26 Å². The maximum atomic E-state index is 12.6. The summed E-state index contributed by atoms with van der Waals surface area (Å²) < 4.78 is 31.2. The zero-order valence-corrected chi connectivity index (χ0v) is 21.0. The number of halogens is 2. The summed E-state index contributed by atoms with van der Waals surface area (Å²) in [6.07, 6.45) is 1.35. The van der Waals surface area contributed by atoms with Crippen molar-refractivity contribution in [2.75, 3.05) is 5.32 Å². The van der Waals surface area contributed by atoms with Gasteiger partial charge in [0.05, 0.1) is 8.95 Å². The number of benzene rings is 3. The quantitative estimate of drug-likeness (QED) is 0.168. The van der Waals surface area contributed by atoms with Gasteiger partial charge < -0.3 is 14.6 Å². The van der Waals surface area contributed by atoms with Crippen LogP contribution in [0.2, 0.25) is 0 Å². The van der Waals surface area contributed by atoms with Gasteiger partial charge in [0.25, 0.3) is 5.91 Å². The van der Waals surface area contributed by atoms with Crippen LogP contribution in [-0.2, 0) is 14.9 Å². The Morgan fingerprint density at radius 3 is 2.18 bits per heavy atom. The summed E-state index contributed by atoms with van der Waals surface area (Å²) >= 11 is 6.58. The summed E-state index contributed by atoms with van der Waals surface area (Å²) in [5.41, 5.74) is 1.59. The number of hydrogen-bond acceptors (Lipinski definition) is 6. The lowest BCUT2D eigenvalue weighted by Gasteiger charge is -2.12. The molecule has 3 rings (SSSR count). The lowest BCUT2D eigenvalue weighted by molar-refractivity contribution is -0.112. The maximum absolute atomic E-state index is 12.6. The molecule has 168 valence electrons. The van der Waals surface area contributed by atoms with Crippen molar-refractivity contribution < 1.29 is 22.5 Å². The number of rotatable bonds is 6. The fraction of sp³-hybridized carbons (Fsp3) is 0.0435. The fourth-order valence-electron chi connectivity index (χ4n) is 2.66. The molecule has 0 spiro atoms. The van der Waals surface area contributed by atoms with Crippen molar-refractivity contribution >= 4 is 59.6 Å². The minimum Gasteiger partial charge on any atom is -0.508 e. The predicted octanol–water partition coefficient (Wildman–Crippen LogP) is 5.54. The topological polar surface area (TPSA) is 116 Å². The molecule has 0 aliphatic carbocycles. The molecule has 0 atom stereocenters. The van der Waals surface area contributed by atoms with Gasteiger partial charge in [-0.15, -0.1) is 0 Å². The summed E-state index contributed by atoms with van der Waals surface area (Å²) in [6, 6.07) is 16.9. The Balaban J connectivity index is 1.85. The van der Waals surface area contributed by atoms with Crippen LogP contribution in [-0.4, -0.2) is 19.4 Å². The number of phenolic OH excluding ortho intramolecular Hbond substituents is 1. The van der Waals surface area contributed by atoms with Crippen LogP contribution in [0.15, 0.2) is 80.1 Å². The third kappa shape index (κ3) is 6.22. The van der Waals surface area contributed by atoms with Gasteiger partial charge in [0.2, 0.25) is 0 Å². The van der Waals surface area contributed by atoms with E-state index in [9.17, 15) is 23.6 Å². The number of aryl methyl sites for hydroxylation is 1. The number of hydrogen-bond donors (Lipinski definition) is 2. The molecule has 0 fully saturated rings. The van der Waals surface area contributed by atoms with E-state index in [0.29, 0.717) is 20.2 Å².